The fraction of sp³-hybridized carbons (Fsp3) is 0.462. The van der Waals surface area contributed by atoms with Crippen molar-refractivity contribution < 1.29 is 27.5 Å². The summed E-state index contributed by atoms with van der Waals surface area (Å²) in [5.41, 5.74) is 4.13. The fourth-order valence-corrected chi connectivity index (χ4v) is 2.29. The summed E-state index contributed by atoms with van der Waals surface area (Å²) in [4.78, 5) is 28.3. The number of alkyl halides is 3. The standard InChI is InChI=1S/C13H14F3N3O3/c1-7-10(11(17)20)19(4-5-22-7)12(21)8-2-3-9(18-6-8)13(14,15)16/h2-3,6-7,10H,4-5H2,1H3,(H2,17,20)/t7-,10+/m1/s1. The molecule has 2 heterocycles. The molecule has 0 aliphatic carbocycles. The molecule has 2 N–H and O–H groups in total. The van der Waals surface area contributed by atoms with Gasteiger partial charge in [-0.3, -0.25) is 14.6 Å². The van der Waals surface area contributed by atoms with E-state index in [0.29, 0.717) is 0 Å². The Bertz CT molecular complexity index is 574. The number of hydrogen-bond donors (Lipinski definition) is 1. The van der Waals surface area contributed by atoms with Gasteiger partial charge >= 0.3 is 6.18 Å². The van der Waals surface area contributed by atoms with E-state index in [1.54, 1.807) is 6.92 Å². The maximum atomic E-state index is 12.5. The molecule has 0 bridgehead atoms. The van der Waals surface area contributed by atoms with Crippen molar-refractivity contribution in [1.82, 2.24) is 9.88 Å². The summed E-state index contributed by atoms with van der Waals surface area (Å²) in [5.74, 6) is -1.35. The highest BCUT2D eigenvalue weighted by molar-refractivity contribution is 5.97. The highest BCUT2D eigenvalue weighted by Crippen LogP contribution is 2.27. The quantitative estimate of drug-likeness (QED) is 0.875. The van der Waals surface area contributed by atoms with Crippen LogP contribution < -0.4 is 5.73 Å². The van der Waals surface area contributed by atoms with Crippen LogP contribution in [-0.4, -0.2) is 47.0 Å². The van der Waals surface area contributed by atoms with Crippen molar-refractivity contribution in [3.8, 4) is 0 Å². The zero-order valence-corrected chi connectivity index (χ0v) is 11.6. The first-order chi connectivity index (χ1) is 10.2. The summed E-state index contributed by atoms with van der Waals surface area (Å²) in [6.07, 6.45) is -4.33. The number of carbonyl (C=O) groups is 2. The molecule has 2 amide bonds. The Hall–Kier alpha value is -2.16. The molecule has 1 fully saturated rings. The Morgan fingerprint density at radius 3 is 2.59 bits per heavy atom. The monoisotopic (exact) mass is 317 g/mol. The lowest BCUT2D eigenvalue weighted by Crippen LogP contribution is -2.58. The van der Waals surface area contributed by atoms with E-state index < -0.39 is 35.8 Å². The summed E-state index contributed by atoms with van der Waals surface area (Å²) < 4.78 is 42.6. The van der Waals surface area contributed by atoms with E-state index in [9.17, 15) is 22.8 Å². The Labute approximate surface area is 124 Å². The van der Waals surface area contributed by atoms with Crippen LogP contribution in [0.15, 0.2) is 18.3 Å². The largest absolute Gasteiger partial charge is 0.433 e. The molecule has 1 aromatic heterocycles. The zero-order valence-electron chi connectivity index (χ0n) is 11.6. The Morgan fingerprint density at radius 2 is 2.09 bits per heavy atom. The molecule has 1 aliphatic heterocycles. The van der Waals surface area contributed by atoms with Gasteiger partial charge in [0.1, 0.15) is 11.7 Å². The van der Waals surface area contributed by atoms with Crippen LogP contribution >= 0.6 is 0 Å². The van der Waals surface area contributed by atoms with Gasteiger partial charge in [0.05, 0.1) is 18.3 Å². The van der Waals surface area contributed by atoms with Crippen LogP contribution in [0.1, 0.15) is 23.0 Å². The SMILES string of the molecule is C[C@H]1OCCN(C(=O)c2ccc(C(F)(F)F)nc2)[C@@H]1C(N)=O. The predicted molar refractivity (Wildman–Crippen MR) is 68.7 cm³/mol. The van der Waals surface area contributed by atoms with E-state index in [2.05, 4.69) is 4.98 Å². The topological polar surface area (TPSA) is 85.5 Å². The first-order valence-corrected chi connectivity index (χ1v) is 6.47. The Morgan fingerprint density at radius 1 is 1.41 bits per heavy atom. The number of primary amides is 1. The maximum Gasteiger partial charge on any atom is 0.433 e. The van der Waals surface area contributed by atoms with Crippen molar-refractivity contribution in [1.29, 1.82) is 0 Å². The molecule has 1 saturated heterocycles. The summed E-state index contributed by atoms with van der Waals surface area (Å²) in [5, 5.41) is 0. The highest BCUT2D eigenvalue weighted by atomic mass is 19.4. The van der Waals surface area contributed by atoms with Crippen molar-refractivity contribution in [3.05, 3.63) is 29.6 Å². The molecule has 22 heavy (non-hydrogen) atoms. The molecular formula is C13H14F3N3O3. The van der Waals surface area contributed by atoms with Crippen molar-refractivity contribution in [2.75, 3.05) is 13.2 Å². The number of aromatic nitrogens is 1. The van der Waals surface area contributed by atoms with E-state index in [-0.39, 0.29) is 18.7 Å². The number of carbonyl (C=O) groups excluding carboxylic acids is 2. The van der Waals surface area contributed by atoms with Crippen LogP contribution in [0.25, 0.3) is 0 Å². The Balaban J connectivity index is 2.24. The fourth-order valence-electron chi connectivity index (χ4n) is 2.29. The third kappa shape index (κ3) is 3.19. The van der Waals surface area contributed by atoms with Gasteiger partial charge in [0.25, 0.3) is 5.91 Å². The lowest BCUT2D eigenvalue weighted by atomic mass is 10.1. The van der Waals surface area contributed by atoms with Crippen LogP contribution in [0.4, 0.5) is 13.2 Å². The van der Waals surface area contributed by atoms with Gasteiger partial charge in [-0.1, -0.05) is 0 Å². The summed E-state index contributed by atoms with van der Waals surface area (Å²) in [7, 11) is 0. The summed E-state index contributed by atoms with van der Waals surface area (Å²) in [6, 6.07) is 0.774. The molecule has 1 aliphatic rings. The number of morpholine rings is 1. The Kier molecular flexibility index (Phi) is 4.36. The molecule has 1 aromatic rings. The van der Waals surface area contributed by atoms with Crippen molar-refractivity contribution in [3.63, 3.8) is 0 Å². The molecular weight excluding hydrogens is 303 g/mol. The average Bonchev–Trinajstić information content (AvgIpc) is 2.45. The number of ether oxygens (including phenoxy) is 1. The summed E-state index contributed by atoms with van der Waals surface area (Å²) >= 11 is 0. The normalized spacial score (nSPS) is 22.5. The van der Waals surface area contributed by atoms with Gasteiger partial charge in [0, 0.05) is 12.7 Å². The number of hydrogen-bond acceptors (Lipinski definition) is 4. The predicted octanol–water partition coefficient (Wildman–Crippen LogP) is 0.815. The van der Waals surface area contributed by atoms with E-state index >= 15 is 0 Å². The average molecular weight is 317 g/mol. The van der Waals surface area contributed by atoms with Crippen molar-refractivity contribution in [2.45, 2.75) is 25.2 Å². The number of halogens is 3. The number of amides is 2. The number of pyridine rings is 1. The molecule has 120 valence electrons. The second-order valence-corrected chi connectivity index (χ2v) is 4.85. The van der Waals surface area contributed by atoms with Gasteiger partial charge in [-0.15, -0.1) is 0 Å². The summed E-state index contributed by atoms with van der Waals surface area (Å²) in [6.45, 7) is 1.93. The third-order valence-corrected chi connectivity index (χ3v) is 3.35. The van der Waals surface area contributed by atoms with Crippen LogP contribution in [-0.2, 0) is 15.7 Å². The minimum atomic E-state index is -4.58. The van der Waals surface area contributed by atoms with Crippen LogP contribution in [0.2, 0.25) is 0 Å². The van der Waals surface area contributed by atoms with Gasteiger partial charge in [0.2, 0.25) is 5.91 Å². The first-order valence-electron chi connectivity index (χ1n) is 6.47. The molecule has 0 spiro atoms. The van der Waals surface area contributed by atoms with E-state index in [1.807, 2.05) is 0 Å². The number of nitrogens with two attached hydrogens (primary N) is 1. The van der Waals surface area contributed by atoms with Gasteiger partial charge < -0.3 is 15.4 Å². The minimum absolute atomic E-state index is 0.0478. The first kappa shape index (κ1) is 16.2. The van der Waals surface area contributed by atoms with Gasteiger partial charge in [-0.05, 0) is 19.1 Å². The van der Waals surface area contributed by atoms with Crippen LogP contribution in [0, 0.1) is 0 Å². The van der Waals surface area contributed by atoms with Crippen LogP contribution in [0.5, 0.6) is 0 Å². The second-order valence-electron chi connectivity index (χ2n) is 4.85. The molecule has 0 saturated carbocycles. The molecule has 0 unspecified atom stereocenters. The van der Waals surface area contributed by atoms with Crippen molar-refractivity contribution in [2.24, 2.45) is 5.73 Å². The van der Waals surface area contributed by atoms with Gasteiger partial charge in [-0.2, -0.15) is 13.2 Å². The number of nitrogens with zero attached hydrogens (tertiary/aromatic N) is 2. The second kappa shape index (κ2) is 5.91. The molecule has 2 rings (SSSR count). The smallest absolute Gasteiger partial charge is 0.374 e. The lowest BCUT2D eigenvalue weighted by molar-refractivity contribution is -0.141. The maximum absolute atomic E-state index is 12.5. The van der Waals surface area contributed by atoms with E-state index in [0.717, 1.165) is 18.3 Å². The molecule has 9 heteroatoms. The third-order valence-electron chi connectivity index (χ3n) is 3.35. The minimum Gasteiger partial charge on any atom is -0.374 e. The van der Waals surface area contributed by atoms with Crippen molar-refractivity contribution >= 4 is 11.8 Å². The lowest BCUT2D eigenvalue weighted by Gasteiger charge is -2.37. The molecule has 0 radical (unpaired) electrons. The molecule has 0 aromatic carbocycles. The van der Waals surface area contributed by atoms with Gasteiger partial charge in [0.15, 0.2) is 0 Å². The van der Waals surface area contributed by atoms with Crippen LogP contribution in [0.3, 0.4) is 0 Å². The molecule has 6 nitrogen and oxygen atoms in total. The highest BCUT2D eigenvalue weighted by Gasteiger charge is 2.37. The van der Waals surface area contributed by atoms with E-state index in [4.69, 9.17) is 10.5 Å². The molecule has 2 atom stereocenters. The number of rotatable bonds is 2. The van der Waals surface area contributed by atoms with Gasteiger partial charge in [-0.25, -0.2) is 0 Å². The van der Waals surface area contributed by atoms with E-state index in [1.165, 1.54) is 4.90 Å². The zero-order chi connectivity index (χ0) is 16.5.